The SMILES string of the molecule is CCCCCCCCCC/C=C/CCCC(O)C(O)C(COC1OC(CO)C(O)C(O)C1O)NC(=O)C(O)CCCCCCCCCCCCCCCCCC/C=C\C/C=C\CCCCCCCCCCCCCCC. The monoisotopic (exact) mass is 1080 g/mol. The van der Waals surface area contributed by atoms with Gasteiger partial charge in [-0.15, -0.1) is 0 Å². The van der Waals surface area contributed by atoms with Crippen molar-refractivity contribution in [1.29, 1.82) is 0 Å². The number of nitrogens with one attached hydrogen (secondary N) is 1. The number of carbonyl (C=O) groups excluding carboxylic acids is 1. The van der Waals surface area contributed by atoms with E-state index in [2.05, 4.69) is 55.6 Å². The molecule has 0 aromatic heterocycles. The molecule has 1 amide bonds. The van der Waals surface area contributed by atoms with Crippen LogP contribution in [0, 0.1) is 0 Å². The molecular weight excluding hydrogens is 955 g/mol. The number of ether oxygens (including phenoxy) is 2. The Hall–Kier alpha value is -1.67. The van der Waals surface area contributed by atoms with Crippen LogP contribution in [0.1, 0.15) is 303 Å². The van der Waals surface area contributed by atoms with E-state index in [4.69, 9.17) is 9.47 Å². The minimum absolute atomic E-state index is 0.255. The molecular formula is C65H123NO10. The van der Waals surface area contributed by atoms with E-state index in [0.29, 0.717) is 12.8 Å². The third-order valence-electron chi connectivity index (χ3n) is 15.7. The summed E-state index contributed by atoms with van der Waals surface area (Å²) in [6.07, 6.45) is 56.7. The first-order valence-electron chi connectivity index (χ1n) is 32.4. The molecule has 0 aromatic rings. The Bertz CT molecular complexity index is 1330. The van der Waals surface area contributed by atoms with Crippen molar-refractivity contribution >= 4 is 5.91 Å². The van der Waals surface area contributed by atoms with Crippen LogP contribution < -0.4 is 5.32 Å². The highest BCUT2D eigenvalue weighted by Crippen LogP contribution is 2.24. The number of rotatable bonds is 56. The number of hydrogen-bond acceptors (Lipinski definition) is 10. The lowest BCUT2D eigenvalue weighted by Gasteiger charge is -2.40. The number of aliphatic hydroxyl groups is 7. The maximum Gasteiger partial charge on any atom is 0.249 e. The van der Waals surface area contributed by atoms with Crippen LogP contribution >= 0.6 is 0 Å². The van der Waals surface area contributed by atoms with Crippen LogP contribution in [0.4, 0.5) is 0 Å². The second-order valence-corrected chi connectivity index (χ2v) is 22.8. The third kappa shape index (κ3) is 41.4. The van der Waals surface area contributed by atoms with E-state index in [9.17, 15) is 40.5 Å². The number of aliphatic hydroxyl groups excluding tert-OH is 7. The molecule has 9 atom stereocenters. The molecule has 1 heterocycles. The van der Waals surface area contributed by atoms with Gasteiger partial charge in [0.05, 0.1) is 25.4 Å². The predicted octanol–water partition coefficient (Wildman–Crippen LogP) is 14.6. The Balaban J connectivity index is 2.14. The summed E-state index contributed by atoms with van der Waals surface area (Å²) in [4.78, 5) is 13.2. The van der Waals surface area contributed by atoms with Gasteiger partial charge in [-0.2, -0.15) is 0 Å². The van der Waals surface area contributed by atoms with Gasteiger partial charge in [-0.1, -0.05) is 269 Å². The van der Waals surface area contributed by atoms with E-state index in [-0.39, 0.29) is 12.8 Å². The molecule has 1 rings (SSSR count). The van der Waals surface area contributed by atoms with Gasteiger partial charge in [-0.25, -0.2) is 0 Å². The van der Waals surface area contributed by atoms with Gasteiger partial charge in [-0.05, 0) is 70.6 Å². The summed E-state index contributed by atoms with van der Waals surface area (Å²) in [7, 11) is 0. The Morgan fingerprint density at radius 1 is 0.461 bits per heavy atom. The van der Waals surface area contributed by atoms with Crippen molar-refractivity contribution in [3.05, 3.63) is 36.5 Å². The number of unbranched alkanes of at least 4 members (excludes halogenated alkanes) is 38. The van der Waals surface area contributed by atoms with Crippen molar-refractivity contribution < 1.29 is 50.0 Å². The van der Waals surface area contributed by atoms with Crippen LogP contribution in [0.2, 0.25) is 0 Å². The molecule has 8 N–H and O–H groups in total. The number of carbonyl (C=O) groups is 1. The zero-order valence-electron chi connectivity index (χ0n) is 49.2. The van der Waals surface area contributed by atoms with Gasteiger partial charge in [0.15, 0.2) is 6.29 Å². The van der Waals surface area contributed by atoms with Crippen LogP contribution in [-0.2, 0) is 14.3 Å². The van der Waals surface area contributed by atoms with Crippen LogP contribution in [0.3, 0.4) is 0 Å². The molecule has 1 fully saturated rings. The zero-order chi connectivity index (χ0) is 55.4. The molecule has 11 nitrogen and oxygen atoms in total. The summed E-state index contributed by atoms with van der Waals surface area (Å²) in [5, 5.41) is 76.1. The van der Waals surface area contributed by atoms with Crippen molar-refractivity contribution in [1.82, 2.24) is 5.32 Å². The summed E-state index contributed by atoms with van der Waals surface area (Å²) >= 11 is 0. The standard InChI is InChI=1S/C65H123NO10/c1-3-5-7-9-11-13-15-17-18-19-20-21-22-23-24-25-26-27-28-29-30-31-32-33-34-35-36-37-38-39-41-43-45-47-49-51-53-58(69)64(74)66-56(55-75-65-63(73)62(72)61(71)59(54-67)76-65)60(70)57(68)52-50-48-46-44-42-40-16-14-12-10-8-6-4-2/h24-25,27-28,44,46,56-63,65,67-73H,3-23,26,29-43,45,47-55H2,1-2H3,(H,66,74)/b25-24-,28-27-,46-44+. The number of allylic oxidation sites excluding steroid dienone is 6. The largest absolute Gasteiger partial charge is 0.394 e. The van der Waals surface area contributed by atoms with E-state index in [1.165, 1.54) is 218 Å². The lowest BCUT2D eigenvalue weighted by atomic mass is 9.98. The smallest absolute Gasteiger partial charge is 0.249 e. The maximum atomic E-state index is 13.2. The summed E-state index contributed by atoms with van der Waals surface area (Å²) < 4.78 is 11.1. The zero-order valence-corrected chi connectivity index (χ0v) is 49.2. The van der Waals surface area contributed by atoms with Gasteiger partial charge >= 0.3 is 0 Å². The van der Waals surface area contributed by atoms with Crippen molar-refractivity contribution in [3.63, 3.8) is 0 Å². The van der Waals surface area contributed by atoms with Crippen molar-refractivity contribution in [2.45, 2.75) is 358 Å². The van der Waals surface area contributed by atoms with Crippen LogP contribution in [-0.4, -0.2) is 110 Å². The number of hydrogen-bond donors (Lipinski definition) is 8. The molecule has 9 unspecified atom stereocenters. The van der Waals surface area contributed by atoms with Gasteiger partial charge in [0.25, 0.3) is 0 Å². The molecule has 11 heteroatoms. The lowest BCUT2D eigenvalue weighted by molar-refractivity contribution is -0.303. The van der Waals surface area contributed by atoms with E-state index < -0.39 is 74.2 Å². The highest BCUT2D eigenvalue weighted by Gasteiger charge is 2.44. The van der Waals surface area contributed by atoms with E-state index in [1.807, 2.05) is 0 Å². The van der Waals surface area contributed by atoms with Crippen LogP contribution in [0.5, 0.6) is 0 Å². The Morgan fingerprint density at radius 3 is 1.21 bits per heavy atom. The van der Waals surface area contributed by atoms with Crippen LogP contribution in [0.15, 0.2) is 36.5 Å². The molecule has 0 radical (unpaired) electrons. The van der Waals surface area contributed by atoms with Gasteiger partial charge < -0.3 is 50.5 Å². The molecule has 1 aliphatic heterocycles. The molecule has 0 aliphatic carbocycles. The van der Waals surface area contributed by atoms with Gasteiger partial charge in [0.1, 0.15) is 36.6 Å². The summed E-state index contributed by atoms with van der Waals surface area (Å²) in [6.45, 7) is 3.45. The average Bonchev–Trinajstić information content (AvgIpc) is 3.42. The number of amides is 1. The molecule has 0 bridgehead atoms. The maximum absolute atomic E-state index is 13.2. The summed E-state index contributed by atoms with van der Waals surface area (Å²) in [5.41, 5.74) is 0. The minimum atomic E-state index is -1.67. The lowest BCUT2D eigenvalue weighted by Crippen LogP contribution is -2.60. The summed E-state index contributed by atoms with van der Waals surface area (Å²) in [5.74, 6) is -0.704. The molecule has 1 aliphatic rings. The first kappa shape index (κ1) is 72.3. The van der Waals surface area contributed by atoms with E-state index >= 15 is 0 Å². The molecule has 0 spiro atoms. The highest BCUT2D eigenvalue weighted by molar-refractivity contribution is 5.80. The Morgan fingerprint density at radius 2 is 0.816 bits per heavy atom. The molecule has 0 aromatic carbocycles. The Kier molecular flexibility index (Phi) is 51.3. The molecule has 1 saturated heterocycles. The van der Waals surface area contributed by atoms with E-state index in [0.717, 1.165) is 44.9 Å². The topological polar surface area (TPSA) is 189 Å². The van der Waals surface area contributed by atoms with Crippen molar-refractivity contribution in [2.24, 2.45) is 0 Å². The van der Waals surface area contributed by atoms with Gasteiger partial charge in [0, 0.05) is 0 Å². The fraction of sp³-hybridized carbons (Fsp3) is 0.892. The summed E-state index contributed by atoms with van der Waals surface area (Å²) in [6, 6.07) is -1.18. The normalized spacial score (nSPS) is 19.8. The Labute approximate surface area is 467 Å². The van der Waals surface area contributed by atoms with Crippen molar-refractivity contribution in [3.8, 4) is 0 Å². The third-order valence-corrected chi connectivity index (χ3v) is 15.7. The average molecular weight is 1080 g/mol. The molecule has 76 heavy (non-hydrogen) atoms. The minimum Gasteiger partial charge on any atom is -0.394 e. The fourth-order valence-corrected chi connectivity index (χ4v) is 10.4. The highest BCUT2D eigenvalue weighted by atomic mass is 16.7. The van der Waals surface area contributed by atoms with Crippen molar-refractivity contribution in [2.75, 3.05) is 13.2 Å². The molecule has 0 saturated carbocycles. The van der Waals surface area contributed by atoms with Gasteiger partial charge in [-0.3, -0.25) is 4.79 Å². The second-order valence-electron chi connectivity index (χ2n) is 22.8. The fourth-order valence-electron chi connectivity index (χ4n) is 10.4. The van der Waals surface area contributed by atoms with Crippen LogP contribution in [0.25, 0.3) is 0 Å². The molecule has 448 valence electrons. The second kappa shape index (κ2) is 53.9. The van der Waals surface area contributed by atoms with Gasteiger partial charge in [0.2, 0.25) is 5.91 Å². The quantitative estimate of drug-likeness (QED) is 0.0215. The predicted molar refractivity (Wildman–Crippen MR) is 316 cm³/mol. The van der Waals surface area contributed by atoms with E-state index in [1.54, 1.807) is 0 Å². The first-order valence-corrected chi connectivity index (χ1v) is 32.4. The first-order chi connectivity index (χ1) is 37.2.